The van der Waals surface area contributed by atoms with Gasteiger partial charge in [-0.3, -0.25) is 4.79 Å². The standard InChI is InChI=1S/C12H17N3O2/c1-12(6-3-7-17-8-12)15-11(16)9-4-2-5-10(13)14-9/h2,4-5H,3,6-8H2,1H3,(H2,13,14)(H,15,16). The fourth-order valence-corrected chi connectivity index (χ4v) is 1.95. The SMILES string of the molecule is CC1(NC(=O)c2cccc(N)n2)CCCOC1. The van der Waals surface area contributed by atoms with Crippen LogP contribution in [0.25, 0.3) is 0 Å². The lowest BCUT2D eigenvalue weighted by Crippen LogP contribution is -2.51. The smallest absolute Gasteiger partial charge is 0.270 e. The van der Waals surface area contributed by atoms with Gasteiger partial charge in [-0.25, -0.2) is 4.98 Å². The van der Waals surface area contributed by atoms with Crippen LogP contribution in [-0.4, -0.2) is 29.6 Å². The van der Waals surface area contributed by atoms with Gasteiger partial charge in [0.25, 0.3) is 5.91 Å². The van der Waals surface area contributed by atoms with Crippen molar-refractivity contribution in [2.75, 3.05) is 18.9 Å². The third kappa shape index (κ3) is 2.94. The molecule has 5 heteroatoms. The molecule has 0 aliphatic carbocycles. The van der Waals surface area contributed by atoms with E-state index in [1.807, 2.05) is 6.92 Å². The highest BCUT2D eigenvalue weighted by molar-refractivity contribution is 5.93. The Bertz CT molecular complexity index is 414. The maximum atomic E-state index is 12.0. The first-order valence-electron chi connectivity index (χ1n) is 5.72. The second kappa shape index (κ2) is 4.71. The number of hydrogen-bond donors (Lipinski definition) is 2. The van der Waals surface area contributed by atoms with E-state index in [9.17, 15) is 4.79 Å². The maximum absolute atomic E-state index is 12.0. The lowest BCUT2D eigenvalue weighted by Gasteiger charge is -2.34. The minimum Gasteiger partial charge on any atom is -0.384 e. The Balaban J connectivity index is 2.06. The van der Waals surface area contributed by atoms with Crippen molar-refractivity contribution in [2.45, 2.75) is 25.3 Å². The molecular weight excluding hydrogens is 218 g/mol. The molecule has 1 aromatic rings. The Morgan fingerprint density at radius 3 is 3.06 bits per heavy atom. The first-order chi connectivity index (χ1) is 8.09. The minimum atomic E-state index is -0.304. The number of aromatic nitrogens is 1. The molecule has 92 valence electrons. The van der Waals surface area contributed by atoms with E-state index >= 15 is 0 Å². The van der Waals surface area contributed by atoms with Gasteiger partial charge in [-0.2, -0.15) is 0 Å². The molecule has 1 fully saturated rings. The Morgan fingerprint density at radius 2 is 2.41 bits per heavy atom. The first-order valence-corrected chi connectivity index (χ1v) is 5.72. The normalized spacial score (nSPS) is 24.3. The molecule has 0 bridgehead atoms. The molecule has 0 radical (unpaired) electrons. The lowest BCUT2D eigenvalue weighted by atomic mass is 9.95. The summed E-state index contributed by atoms with van der Waals surface area (Å²) in [6.45, 7) is 3.29. The van der Waals surface area contributed by atoms with Crippen molar-refractivity contribution in [2.24, 2.45) is 0 Å². The van der Waals surface area contributed by atoms with E-state index in [4.69, 9.17) is 10.5 Å². The molecule has 1 aliphatic heterocycles. The van der Waals surface area contributed by atoms with Crippen LogP contribution in [0, 0.1) is 0 Å². The van der Waals surface area contributed by atoms with E-state index in [-0.39, 0.29) is 11.4 Å². The van der Waals surface area contributed by atoms with Crippen LogP contribution in [0.3, 0.4) is 0 Å². The van der Waals surface area contributed by atoms with E-state index in [1.165, 1.54) is 0 Å². The number of nitrogens with zero attached hydrogens (tertiary/aromatic N) is 1. The first kappa shape index (κ1) is 11.9. The highest BCUT2D eigenvalue weighted by Crippen LogP contribution is 2.18. The summed E-state index contributed by atoms with van der Waals surface area (Å²) in [5.74, 6) is 0.146. The summed E-state index contributed by atoms with van der Waals surface area (Å²) in [7, 11) is 0. The van der Waals surface area contributed by atoms with Gasteiger partial charge >= 0.3 is 0 Å². The van der Waals surface area contributed by atoms with Gasteiger partial charge in [0.2, 0.25) is 0 Å². The van der Waals surface area contributed by atoms with Crippen LogP contribution in [0.4, 0.5) is 5.82 Å². The highest BCUT2D eigenvalue weighted by atomic mass is 16.5. The molecule has 3 N–H and O–H groups in total. The Labute approximate surface area is 100 Å². The van der Waals surface area contributed by atoms with Crippen molar-refractivity contribution in [3.8, 4) is 0 Å². The second-order valence-electron chi connectivity index (χ2n) is 4.62. The third-order valence-corrected chi connectivity index (χ3v) is 2.86. The number of rotatable bonds is 2. The number of anilines is 1. The molecule has 0 spiro atoms. The molecule has 1 aliphatic rings. The molecule has 2 heterocycles. The number of carbonyl (C=O) groups is 1. The van der Waals surface area contributed by atoms with E-state index in [1.54, 1.807) is 18.2 Å². The second-order valence-corrected chi connectivity index (χ2v) is 4.62. The number of ether oxygens (including phenoxy) is 1. The van der Waals surface area contributed by atoms with Crippen LogP contribution in [0.1, 0.15) is 30.3 Å². The number of nitrogens with one attached hydrogen (secondary N) is 1. The average molecular weight is 235 g/mol. The monoisotopic (exact) mass is 235 g/mol. The zero-order chi connectivity index (χ0) is 12.3. The molecule has 1 unspecified atom stereocenters. The summed E-state index contributed by atoms with van der Waals surface area (Å²) in [6.07, 6.45) is 1.88. The van der Waals surface area contributed by atoms with E-state index in [0.29, 0.717) is 18.1 Å². The van der Waals surface area contributed by atoms with Gasteiger partial charge in [-0.15, -0.1) is 0 Å². The van der Waals surface area contributed by atoms with Crippen molar-refractivity contribution in [1.82, 2.24) is 10.3 Å². The molecule has 17 heavy (non-hydrogen) atoms. The molecule has 0 aromatic carbocycles. The van der Waals surface area contributed by atoms with Crippen LogP contribution in [-0.2, 0) is 4.74 Å². The Hall–Kier alpha value is -1.62. The minimum absolute atomic E-state index is 0.203. The quantitative estimate of drug-likeness (QED) is 0.800. The van der Waals surface area contributed by atoms with Gasteiger partial charge in [0.15, 0.2) is 0 Å². The summed E-state index contributed by atoms with van der Waals surface area (Å²) in [5.41, 5.74) is 5.59. The van der Waals surface area contributed by atoms with E-state index in [2.05, 4.69) is 10.3 Å². The third-order valence-electron chi connectivity index (χ3n) is 2.86. The van der Waals surface area contributed by atoms with Crippen molar-refractivity contribution in [3.05, 3.63) is 23.9 Å². The van der Waals surface area contributed by atoms with Crippen molar-refractivity contribution < 1.29 is 9.53 Å². The fourth-order valence-electron chi connectivity index (χ4n) is 1.95. The molecule has 1 saturated heterocycles. The number of nitrogen functional groups attached to an aromatic ring is 1. The molecule has 1 atom stereocenters. The van der Waals surface area contributed by atoms with Crippen LogP contribution in [0.15, 0.2) is 18.2 Å². The summed E-state index contributed by atoms with van der Waals surface area (Å²) in [4.78, 5) is 16.0. The predicted molar refractivity (Wildman–Crippen MR) is 64.6 cm³/mol. The molecule has 1 amide bonds. The highest BCUT2D eigenvalue weighted by Gasteiger charge is 2.29. The van der Waals surface area contributed by atoms with Gasteiger partial charge < -0.3 is 15.8 Å². The summed E-state index contributed by atoms with van der Waals surface area (Å²) < 4.78 is 5.39. The van der Waals surface area contributed by atoms with Crippen LogP contribution in [0.2, 0.25) is 0 Å². The Morgan fingerprint density at radius 1 is 1.59 bits per heavy atom. The molecular formula is C12H17N3O2. The number of hydrogen-bond acceptors (Lipinski definition) is 4. The van der Waals surface area contributed by atoms with Crippen LogP contribution < -0.4 is 11.1 Å². The van der Waals surface area contributed by atoms with Crippen molar-refractivity contribution in [3.63, 3.8) is 0 Å². The fraction of sp³-hybridized carbons (Fsp3) is 0.500. The van der Waals surface area contributed by atoms with Crippen molar-refractivity contribution >= 4 is 11.7 Å². The summed E-state index contributed by atoms with van der Waals surface area (Å²) >= 11 is 0. The topological polar surface area (TPSA) is 77.2 Å². The molecule has 1 aromatic heterocycles. The van der Waals surface area contributed by atoms with Gasteiger partial charge in [0.1, 0.15) is 11.5 Å². The number of carbonyl (C=O) groups excluding carboxylic acids is 1. The van der Waals surface area contributed by atoms with Gasteiger partial charge in [-0.05, 0) is 31.9 Å². The number of nitrogens with two attached hydrogens (primary N) is 1. The van der Waals surface area contributed by atoms with E-state index in [0.717, 1.165) is 19.4 Å². The maximum Gasteiger partial charge on any atom is 0.270 e. The molecule has 0 saturated carbocycles. The Kier molecular flexibility index (Phi) is 3.28. The zero-order valence-corrected chi connectivity index (χ0v) is 9.90. The molecule has 2 rings (SSSR count). The average Bonchev–Trinajstić information content (AvgIpc) is 2.29. The van der Waals surface area contributed by atoms with Gasteiger partial charge in [0.05, 0.1) is 12.1 Å². The van der Waals surface area contributed by atoms with Crippen molar-refractivity contribution in [1.29, 1.82) is 0 Å². The summed E-state index contributed by atoms with van der Waals surface area (Å²) in [6, 6.07) is 5.03. The van der Waals surface area contributed by atoms with Gasteiger partial charge in [0, 0.05) is 6.61 Å². The van der Waals surface area contributed by atoms with E-state index < -0.39 is 0 Å². The number of pyridine rings is 1. The zero-order valence-electron chi connectivity index (χ0n) is 9.90. The number of amides is 1. The summed E-state index contributed by atoms with van der Waals surface area (Å²) in [5, 5.41) is 2.96. The molecule has 5 nitrogen and oxygen atoms in total. The van der Waals surface area contributed by atoms with Crippen LogP contribution in [0.5, 0.6) is 0 Å². The van der Waals surface area contributed by atoms with Gasteiger partial charge in [-0.1, -0.05) is 6.07 Å². The lowest BCUT2D eigenvalue weighted by molar-refractivity contribution is 0.0271. The van der Waals surface area contributed by atoms with Crippen LogP contribution >= 0.6 is 0 Å². The predicted octanol–water partition coefficient (Wildman–Crippen LogP) is 0.963. The largest absolute Gasteiger partial charge is 0.384 e.